The number of likely N-dealkylation sites (tertiary alicyclic amines) is 1. The first kappa shape index (κ1) is 11.5. The van der Waals surface area contributed by atoms with E-state index in [0.29, 0.717) is 13.0 Å². The van der Waals surface area contributed by atoms with E-state index in [9.17, 15) is 8.78 Å². The summed E-state index contributed by atoms with van der Waals surface area (Å²) in [7, 11) is 1.88. The topological polar surface area (TPSA) is 21.1 Å². The number of piperidine rings is 1. The average Bonchev–Trinajstić information content (AvgIpc) is 2.58. The maximum absolute atomic E-state index is 13.5. The van der Waals surface area contributed by atoms with Crippen molar-refractivity contribution in [3.8, 4) is 0 Å². The van der Waals surface area contributed by atoms with Crippen molar-refractivity contribution in [3.05, 3.63) is 18.2 Å². The minimum absolute atomic E-state index is 0.140. The smallest absolute Gasteiger partial charge is 0.263 e. The summed E-state index contributed by atoms with van der Waals surface area (Å²) in [6.45, 7) is 2.78. The molecule has 1 fully saturated rings. The molecule has 0 radical (unpaired) electrons. The highest BCUT2D eigenvalue weighted by molar-refractivity contribution is 4.98. The van der Waals surface area contributed by atoms with Crippen LogP contribution in [0.1, 0.15) is 19.0 Å². The summed E-state index contributed by atoms with van der Waals surface area (Å²) in [5.41, 5.74) is 0.977. The van der Waals surface area contributed by atoms with Crippen molar-refractivity contribution in [3.63, 3.8) is 0 Å². The number of aryl methyl sites for hydroxylation is 1. The Bertz CT molecular complexity index is 362. The van der Waals surface area contributed by atoms with Crippen LogP contribution in [0.2, 0.25) is 0 Å². The molecular weight excluding hydrogens is 212 g/mol. The fraction of sp³-hybridized carbons (Fsp3) is 0.727. The number of aromatic nitrogens is 2. The Morgan fingerprint density at radius 2 is 2.31 bits per heavy atom. The Morgan fingerprint density at radius 1 is 1.56 bits per heavy atom. The van der Waals surface area contributed by atoms with Crippen LogP contribution in [0.4, 0.5) is 8.78 Å². The van der Waals surface area contributed by atoms with Crippen LogP contribution in [0.25, 0.3) is 0 Å². The minimum Gasteiger partial charge on any atom is -0.337 e. The molecule has 1 aromatic rings. The number of rotatable bonds is 2. The Balaban J connectivity index is 2.00. The van der Waals surface area contributed by atoms with E-state index in [4.69, 9.17) is 0 Å². The van der Waals surface area contributed by atoms with Crippen LogP contribution in [0.5, 0.6) is 0 Å². The summed E-state index contributed by atoms with van der Waals surface area (Å²) in [5, 5.41) is 0. The molecule has 0 saturated carbocycles. The largest absolute Gasteiger partial charge is 0.337 e. The summed E-state index contributed by atoms with van der Waals surface area (Å²) in [6, 6.07) is 0. The van der Waals surface area contributed by atoms with E-state index >= 15 is 0 Å². The molecule has 0 aromatic carbocycles. The van der Waals surface area contributed by atoms with Gasteiger partial charge in [-0.25, -0.2) is 13.8 Å². The molecule has 1 unspecified atom stereocenters. The zero-order chi connectivity index (χ0) is 11.8. The standard InChI is InChI=1S/C11H17F2N3/c1-9-3-4-16(7-11(9,12)13)6-10-5-14-8-15(10)2/h5,8-9H,3-4,6-7H2,1-2H3. The van der Waals surface area contributed by atoms with Gasteiger partial charge in [-0.3, -0.25) is 4.90 Å². The number of hydrogen-bond acceptors (Lipinski definition) is 2. The number of hydrogen-bond donors (Lipinski definition) is 0. The fourth-order valence-electron chi connectivity index (χ4n) is 2.02. The normalized spacial score (nSPS) is 25.9. The summed E-state index contributed by atoms with van der Waals surface area (Å²) < 4.78 is 28.9. The van der Waals surface area contributed by atoms with Gasteiger partial charge in [0.15, 0.2) is 0 Å². The van der Waals surface area contributed by atoms with Crippen LogP contribution >= 0.6 is 0 Å². The molecule has 0 amide bonds. The number of alkyl halides is 2. The van der Waals surface area contributed by atoms with E-state index in [0.717, 1.165) is 12.2 Å². The molecule has 1 aliphatic heterocycles. The highest BCUT2D eigenvalue weighted by Gasteiger charge is 2.41. The van der Waals surface area contributed by atoms with E-state index in [1.807, 2.05) is 11.6 Å². The molecule has 3 nitrogen and oxygen atoms in total. The quantitative estimate of drug-likeness (QED) is 0.772. The van der Waals surface area contributed by atoms with Crippen molar-refractivity contribution >= 4 is 0 Å². The van der Waals surface area contributed by atoms with Crippen LogP contribution in [-0.4, -0.2) is 33.5 Å². The third-order valence-corrected chi connectivity index (χ3v) is 3.34. The van der Waals surface area contributed by atoms with E-state index in [2.05, 4.69) is 4.98 Å². The molecule has 90 valence electrons. The van der Waals surface area contributed by atoms with E-state index in [1.54, 1.807) is 24.3 Å². The SMILES string of the molecule is CC1CCN(Cc2cncn2C)CC1(F)F. The predicted molar refractivity (Wildman–Crippen MR) is 57.2 cm³/mol. The van der Waals surface area contributed by atoms with Gasteiger partial charge in [0.25, 0.3) is 5.92 Å². The molecule has 1 atom stereocenters. The van der Waals surface area contributed by atoms with Crippen molar-refractivity contribution in [1.82, 2.24) is 14.5 Å². The van der Waals surface area contributed by atoms with Crippen LogP contribution in [0, 0.1) is 5.92 Å². The van der Waals surface area contributed by atoms with Gasteiger partial charge < -0.3 is 4.57 Å². The van der Waals surface area contributed by atoms with Gasteiger partial charge >= 0.3 is 0 Å². The van der Waals surface area contributed by atoms with Crippen molar-refractivity contribution in [2.45, 2.75) is 25.8 Å². The Hall–Kier alpha value is -0.970. The molecule has 2 rings (SSSR count). The number of halogens is 2. The Kier molecular flexibility index (Phi) is 2.97. The molecule has 1 aromatic heterocycles. The second-order valence-corrected chi connectivity index (χ2v) is 4.66. The Labute approximate surface area is 94.1 Å². The molecule has 2 heterocycles. The molecule has 0 N–H and O–H groups in total. The second kappa shape index (κ2) is 4.13. The van der Waals surface area contributed by atoms with E-state index in [-0.39, 0.29) is 6.54 Å². The van der Waals surface area contributed by atoms with Gasteiger partial charge in [-0.05, 0) is 13.0 Å². The summed E-state index contributed by atoms with van der Waals surface area (Å²) in [6.07, 6.45) is 3.99. The first-order valence-electron chi connectivity index (χ1n) is 5.54. The lowest BCUT2D eigenvalue weighted by Crippen LogP contribution is -2.47. The lowest BCUT2D eigenvalue weighted by atomic mass is 9.95. The summed E-state index contributed by atoms with van der Waals surface area (Å²) in [5.74, 6) is -3.06. The Morgan fingerprint density at radius 3 is 2.88 bits per heavy atom. The van der Waals surface area contributed by atoms with Gasteiger partial charge in [-0.2, -0.15) is 0 Å². The highest BCUT2D eigenvalue weighted by atomic mass is 19.3. The molecular formula is C11H17F2N3. The van der Waals surface area contributed by atoms with Gasteiger partial charge in [-0.15, -0.1) is 0 Å². The first-order valence-corrected chi connectivity index (χ1v) is 5.54. The molecule has 5 heteroatoms. The molecule has 0 spiro atoms. The zero-order valence-corrected chi connectivity index (χ0v) is 9.66. The van der Waals surface area contributed by atoms with Crippen LogP contribution < -0.4 is 0 Å². The van der Waals surface area contributed by atoms with Crippen molar-refractivity contribution in [2.24, 2.45) is 13.0 Å². The molecule has 1 saturated heterocycles. The summed E-state index contributed by atoms with van der Waals surface area (Å²) in [4.78, 5) is 5.79. The summed E-state index contributed by atoms with van der Waals surface area (Å²) >= 11 is 0. The van der Waals surface area contributed by atoms with Crippen LogP contribution in [0.3, 0.4) is 0 Å². The monoisotopic (exact) mass is 229 g/mol. The zero-order valence-electron chi connectivity index (χ0n) is 9.66. The first-order chi connectivity index (χ1) is 7.49. The van der Waals surface area contributed by atoms with E-state index in [1.165, 1.54) is 0 Å². The molecule has 1 aliphatic rings. The highest BCUT2D eigenvalue weighted by Crippen LogP contribution is 2.32. The minimum atomic E-state index is -2.56. The second-order valence-electron chi connectivity index (χ2n) is 4.66. The van der Waals surface area contributed by atoms with Gasteiger partial charge in [0.2, 0.25) is 0 Å². The van der Waals surface area contributed by atoms with Crippen molar-refractivity contribution in [2.75, 3.05) is 13.1 Å². The third kappa shape index (κ3) is 2.24. The van der Waals surface area contributed by atoms with Crippen LogP contribution in [0.15, 0.2) is 12.5 Å². The number of nitrogens with zero attached hydrogens (tertiary/aromatic N) is 3. The average molecular weight is 229 g/mol. The third-order valence-electron chi connectivity index (χ3n) is 3.34. The van der Waals surface area contributed by atoms with Gasteiger partial charge in [0.05, 0.1) is 18.6 Å². The maximum Gasteiger partial charge on any atom is 0.263 e. The van der Waals surface area contributed by atoms with Gasteiger partial charge in [0, 0.05) is 25.7 Å². The molecule has 16 heavy (non-hydrogen) atoms. The predicted octanol–water partition coefficient (Wildman–Crippen LogP) is 1.90. The maximum atomic E-state index is 13.5. The van der Waals surface area contributed by atoms with Crippen LogP contribution in [-0.2, 0) is 13.6 Å². The van der Waals surface area contributed by atoms with E-state index < -0.39 is 11.8 Å². The lowest BCUT2D eigenvalue weighted by Gasteiger charge is -2.36. The molecule has 0 aliphatic carbocycles. The van der Waals surface area contributed by atoms with Crippen molar-refractivity contribution in [1.29, 1.82) is 0 Å². The lowest BCUT2D eigenvalue weighted by molar-refractivity contribution is -0.106. The number of imidazole rings is 1. The van der Waals surface area contributed by atoms with Gasteiger partial charge in [0.1, 0.15) is 0 Å². The molecule has 0 bridgehead atoms. The van der Waals surface area contributed by atoms with Gasteiger partial charge in [-0.1, -0.05) is 6.92 Å². The fourth-order valence-corrected chi connectivity index (χ4v) is 2.02. The van der Waals surface area contributed by atoms with Crippen molar-refractivity contribution < 1.29 is 8.78 Å².